The van der Waals surface area contributed by atoms with Gasteiger partial charge in [0.15, 0.2) is 5.83 Å². The van der Waals surface area contributed by atoms with E-state index in [0.717, 1.165) is 6.42 Å². The summed E-state index contributed by atoms with van der Waals surface area (Å²) in [5, 5.41) is 0. The first-order valence-electron chi connectivity index (χ1n) is 4.88. The molecule has 0 aliphatic carbocycles. The molecule has 0 saturated carbocycles. The molecule has 0 aromatic rings. The summed E-state index contributed by atoms with van der Waals surface area (Å²) in [7, 11) is 0. The number of carbonyl (C=O) groups excluding carboxylic acids is 1. The summed E-state index contributed by atoms with van der Waals surface area (Å²) in [6.07, 6.45) is 0.887. The predicted molar refractivity (Wildman–Crippen MR) is 53.2 cm³/mol. The van der Waals surface area contributed by atoms with E-state index in [2.05, 4.69) is 0 Å². The predicted octanol–water partition coefficient (Wildman–Crippen LogP) is 1.06. The third kappa shape index (κ3) is 2.32. The third-order valence-electron chi connectivity index (χ3n) is 2.53. The molecule has 0 spiro atoms. The minimum absolute atomic E-state index is 0.337. The summed E-state index contributed by atoms with van der Waals surface area (Å²) in [6.45, 7) is 4.99. The number of hydrogen-bond donors (Lipinski definition) is 1. The van der Waals surface area contributed by atoms with Gasteiger partial charge in [-0.3, -0.25) is 4.79 Å². The van der Waals surface area contributed by atoms with Gasteiger partial charge in [0.25, 0.3) is 5.91 Å². The Morgan fingerprint density at radius 1 is 1.57 bits per heavy atom. The van der Waals surface area contributed by atoms with E-state index < -0.39 is 11.7 Å². The number of nitrogens with zero attached hydrogens (tertiary/aromatic N) is 1. The Hall–Kier alpha value is -0.900. The van der Waals surface area contributed by atoms with Crippen LogP contribution in [0.15, 0.2) is 11.4 Å². The molecular weight excluding hydrogens is 183 g/mol. The number of allylic oxidation sites excluding steroid dienone is 1. The van der Waals surface area contributed by atoms with E-state index >= 15 is 0 Å². The summed E-state index contributed by atoms with van der Waals surface area (Å²) in [5.74, 6) is -0.771. The SMILES string of the molecule is CC(C)=C(F)C(=O)N1CCC(CN)C1. The average molecular weight is 200 g/mol. The maximum Gasteiger partial charge on any atom is 0.282 e. The Morgan fingerprint density at radius 3 is 2.64 bits per heavy atom. The van der Waals surface area contributed by atoms with Crippen molar-refractivity contribution in [1.82, 2.24) is 4.90 Å². The van der Waals surface area contributed by atoms with Crippen LogP contribution in [0.5, 0.6) is 0 Å². The molecule has 0 aromatic carbocycles. The van der Waals surface area contributed by atoms with Crippen LogP contribution >= 0.6 is 0 Å². The minimum atomic E-state index is -0.623. The molecule has 3 nitrogen and oxygen atoms in total. The maximum atomic E-state index is 13.3. The largest absolute Gasteiger partial charge is 0.336 e. The zero-order valence-electron chi connectivity index (χ0n) is 8.72. The fourth-order valence-electron chi connectivity index (χ4n) is 1.56. The van der Waals surface area contributed by atoms with Crippen molar-refractivity contribution >= 4 is 5.91 Å². The lowest BCUT2D eigenvalue weighted by Gasteiger charge is -2.15. The lowest BCUT2D eigenvalue weighted by atomic mass is 10.1. The summed E-state index contributed by atoms with van der Waals surface area (Å²) in [5.41, 5.74) is 5.92. The van der Waals surface area contributed by atoms with Gasteiger partial charge in [-0.25, -0.2) is 4.39 Å². The third-order valence-corrected chi connectivity index (χ3v) is 2.53. The summed E-state index contributed by atoms with van der Waals surface area (Å²) >= 11 is 0. The van der Waals surface area contributed by atoms with Crippen LogP contribution in [0.25, 0.3) is 0 Å². The Morgan fingerprint density at radius 2 is 2.21 bits per heavy atom. The van der Waals surface area contributed by atoms with Crippen LogP contribution in [0.3, 0.4) is 0 Å². The van der Waals surface area contributed by atoms with Crippen molar-refractivity contribution in [1.29, 1.82) is 0 Å². The van der Waals surface area contributed by atoms with Gasteiger partial charge >= 0.3 is 0 Å². The van der Waals surface area contributed by atoms with Crippen molar-refractivity contribution in [2.45, 2.75) is 20.3 Å². The minimum Gasteiger partial charge on any atom is -0.336 e. The molecule has 4 heteroatoms. The van der Waals surface area contributed by atoms with Crippen LogP contribution in [-0.4, -0.2) is 30.4 Å². The fourth-order valence-corrected chi connectivity index (χ4v) is 1.56. The number of rotatable bonds is 2. The number of halogens is 1. The Balaban J connectivity index is 2.60. The van der Waals surface area contributed by atoms with Gasteiger partial charge in [-0.1, -0.05) is 0 Å². The van der Waals surface area contributed by atoms with Crippen LogP contribution < -0.4 is 5.73 Å². The van der Waals surface area contributed by atoms with Crippen LogP contribution in [-0.2, 0) is 4.79 Å². The van der Waals surface area contributed by atoms with E-state index in [4.69, 9.17) is 5.73 Å². The van der Waals surface area contributed by atoms with Crippen molar-refractivity contribution in [2.24, 2.45) is 11.7 Å². The van der Waals surface area contributed by atoms with E-state index in [9.17, 15) is 9.18 Å². The van der Waals surface area contributed by atoms with Crippen molar-refractivity contribution in [3.8, 4) is 0 Å². The number of carbonyl (C=O) groups is 1. The zero-order valence-corrected chi connectivity index (χ0v) is 8.72. The van der Waals surface area contributed by atoms with Crippen molar-refractivity contribution in [3.63, 3.8) is 0 Å². The quantitative estimate of drug-likeness (QED) is 0.677. The smallest absolute Gasteiger partial charge is 0.282 e. The highest BCUT2D eigenvalue weighted by Gasteiger charge is 2.27. The van der Waals surface area contributed by atoms with Gasteiger partial charge in [0.2, 0.25) is 0 Å². The van der Waals surface area contributed by atoms with Crippen molar-refractivity contribution in [2.75, 3.05) is 19.6 Å². The van der Waals surface area contributed by atoms with E-state index in [1.54, 1.807) is 18.7 Å². The number of nitrogens with two attached hydrogens (primary N) is 1. The van der Waals surface area contributed by atoms with E-state index in [0.29, 0.717) is 31.1 Å². The van der Waals surface area contributed by atoms with Crippen LogP contribution in [0.2, 0.25) is 0 Å². The zero-order chi connectivity index (χ0) is 10.7. The standard InChI is InChI=1S/C10H17FN2O/c1-7(2)9(11)10(14)13-4-3-8(5-12)6-13/h8H,3-6,12H2,1-2H3. The first-order chi connectivity index (χ1) is 6.56. The second-order valence-electron chi connectivity index (χ2n) is 3.96. The van der Waals surface area contributed by atoms with Crippen molar-refractivity contribution < 1.29 is 9.18 Å². The molecular formula is C10H17FN2O. The lowest BCUT2D eigenvalue weighted by molar-refractivity contribution is -0.127. The van der Waals surface area contributed by atoms with Gasteiger partial charge in [-0.2, -0.15) is 0 Å². The Kier molecular flexibility index (Phi) is 3.63. The average Bonchev–Trinajstić information content (AvgIpc) is 2.63. The molecule has 0 radical (unpaired) electrons. The number of likely N-dealkylation sites (tertiary alicyclic amines) is 1. The molecule has 1 fully saturated rings. The summed E-state index contributed by atoms with van der Waals surface area (Å²) in [4.78, 5) is 13.0. The molecule has 1 heterocycles. The molecule has 1 atom stereocenters. The van der Waals surface area contributed by atoms with Gasteiger partial charge in [-0.05, 0) is 38.3 Å². The van der Waals surface area contributed by atoms with Crippen LogP contribution in [0, 0.1) is 5.92 Å². The topological polar surface area (TPSA) is 46.3 Å². The monoisotopic (exact) mass is 200 g/mol. The highest BCUT2D eigenvalue weighted by molar-refractivity contribution is 5.92. The van der Waals surface area contributed by atoms with Gasteiger partial charge in [0.05, 0.1) is 0 Å². The number of hydrogen-bond acceptors (Lipinski definition) is 2. The van der Waals surface area contributed by atoms with Crippen LogP contribution in [0.4, 0.5) is 4.39 Å². The van der Waals surface area contributed by atoms with E-state index in [1.807, 2.05) is 0 Å². The lowest BCUT2D eigenvalue weighted by Crippen LogP contribution is -2.30. The fraction of sp³-hybridized carbons (Fsp3) is 0.700. The van der Waals surface area contributed by atoms with Gasteiger partial charge in [0.1, 0.15) is 0 Å². The van der Waals surface area contributed by atoms with E-state index in [1.165, 1.54) is 0 Å². The molecule has 2 N–H and O–H groups in total. The molecule has 1 unspecified atom stereocenters. The maximum absolute atomic E-state index is 13.3. The molecule has 80 valence electrons. The van der Waals surface area contributed by atoms with E-state index in [-0.39, 0.29) is 0 Å². The molecule has 1 aliphatic rings. The first kappa shape index (κ1) is 11.2. The number of amides is 1. The van der Waals surface area contributed by atoms with Crippen LogP contribution in [0.1, 0.15) is 20.3 Å². The first-order valence-corrected chi connectivity index (χ1v) is 4.88. The summed E-state index contributed by atoms with van der Waals surface area (Å²) < 4.78 is 13.3. The normalized spacial score (nSPS) is 21.1. The Bertz CT molecular complexity index is 259. The molecule has 1 rings (SSSR count). The Labute approximate surface area is 83.8 Å². The highest BCUT2D eigenvalue weighted by Crippen LogP contribution is 2.18. The molecule has 1 amide bonds. The molecule has 0 bridgehead atoms. The van der Waals surface area contributed by atoms with Gasteiger partial charge < -0.3 is 10.6 Å². The van der Waals surface area contributed by atoms with Crippen molar-refractivity contribution in [3.05, 3.63) is 11.4 Å². The second kappa shape index (κ2) is 4.55. The molecule has 1 saturated heterocycles. The summed E-state index contributed by atoms with van der Waals surface area (Å²) in [6, 6.07) is 0. The van der Waals surface area contributed by atoms with Gasteiger partial charge in [-0.15, -0.1) is 0 Å². The molecule has 1 aliphatic heterocycles. The molecule has 14 heavy (non-hydrogen) atoms. The molecule has 0 aromatic heterocycles. The van der Waals surface area contributed by atoms with Gasteiger partial charge in [0, 0.05) is 13.1 Å². The highest BCUT2D eigenvalue weighted by atomic mass is 19.1. The second-order valence-corrected chi connectivity index (χ2v) is 3.96.